The first-order valence-corrected chi connectivity index (χ1v) is 4.90. The van der Waals surface area contributed by atoms with Gasteiger partial charge in [-0.15, -0.1) is 0 Å². The summed E-state index contributed by atoms with van der Waals surface area (Å²) >= 11 is 0. The molecule has 0 heterocycles. The number of hydrogen-bond acceptors (Lipinski definition) is 4. The first kappa shape index (κ1) is 12.9. The SMILES string of the molecule is N#CCCNN=Cc1cccc(OC(F)F)c1. The van der Waals surface area contributed by atoms with Gasteiger partial charge < -0.3 is 10.2 Å². The van der Waals surface area contributed by atoms with E-state index in [1.165, 1.54) is 18.3 Å². The number of benzene rings is 1. The molecule has 1 rings (SSSR count). The molecule has 1 aromatic carbocycles. The van der Waals surface area contributed by atoms with E-state index in [-0.39, 0.29) is 5.75 Å². The molecular formula is C11H11F2N3O. The molecule has 0 spiro atoms. The molecular weight excluding hydrogens is 228 g/mol. The lowest BCUT2D eigenvalue weighted by molar-refractivity contribution is -0.0498. The van der Waals surface area contributed by atoms with Gasteiger partial charge in [-0.2, -0.15) is 19.1 Å². The van der Waals surface area contributed by atoms with Crippen molar-refractivity contribution in [2.24, 2.45) is 5.10 Å². The Balaban J connectivity index is 2.51. The van der Waals surface area contributed by atoms with Crippen LogP contribution in [0.5, 0.6) is 5.75 Å². The van der Waals surface area contributed by atoms with E-state index < -0.39 is 6.61 Å². The van der Waals surface area contributed by atoms with Crippen molar-refractivity contribution >= 4 is 6.21 Å². The lowest BCUT2D eigenvalue weighted by Crippen LogP contribution is -2.06. The topological polar surface area (TPSA) is 57.4 Å². The van der Waals surface area contributed by atoms with Crippen LogP contribution >= 0.6 is 0 Å². The normalized spacial score (nSPS) is 10.5. The van der Waals surface area contributed by atoms with Crippen molar-refractivity contribution in [3.8, 4) is 11.8 Å². The number of halogens is 2. The molecule has 0 saturated carbocycles. The fourth-order valence-corrected chi connectivity index (χ4v) is 1.07. The van der Waals surface area contributed by atoms with E-state index in [1.807, 2.05) is 6.07 Å². The van der Waals surface area contributed by atoms with Crippen LogP contribution < -0.4 is 10.2 Å². The van der Waals surface area contributed by atoms with E-state index in [9.17, 15) is 8.78 Å². The number of nitriles is 1. The molecule has 0 aliphatic carbocycles. The first-order valence-electron chi connectivity index (χ1n) is 4.90. The van der Waals surface area contributed by atoms with Gasteiger partial charge in [0.25, 0.3) is 0 Å². The van der Waals surface area contributed by atoms with Gasteiger partial charge in [-0.05, 0) is 17.7 Å². The Morgan fingerprint density at radius 3 is 3.06 bits per heavy atom. The Morgan fingerprint density at radius 2 is 2.35 bits per heavy atom. The lowest BCUT2D eigenvalue weighted by atomic mass is 10.2. The maximum absolute atomic E-state index is 11.9. The van der Waals surface area contributed by atoms with E-state index in [0.29, 0.717) is 18.5 Å². The van der Waals surface area contributed by atoms with Crippen LogP contribution in [0.25, 0.3) is 0 Å². The molecule has 17 heavy (non-hydrogen) atoms. The number of hydrogen-bond donors (Lipinski definition) is 1. The minimum Gasteiger partial charge on any atom is -0.435 e. The van der Waals surface area contributed by atoms with Crippen molar-refractivity contribution in [1.29, 1.82) is 5.26 Å². The van der Waals surface area contributed by atoms with E-state index in [1.54, 1.807) is 12.1 Å². The Kier molecular flexibility index (Phi) is 5.44. The summed E-state index contributed by atoms with van der Waals surface area (Å²) in [7, 11) is 0. The molecule has 1 N–H and O–H groups in total. The zero-order chi connectivity index (χ0) is 12.5. The van der Waals surface area contributed by atoms with Crippen LogP contribution in [0, 0.1) is 11.3 Å². The molecule has 0 atom stereocenters. The summed E-state index contributed by atoms with van der Waals surface area (Å²) in [6.07, 6.45) is 1.82. The smallest absolute Gasteiger partial charge is 0.387 e. The van der Waals surface area contributed by atoms with Crippen molar-refractivity contribution in [2.45, 2.75) is 13.0 Å². The van der Waals surface area contributed by atoms with Gasteiger partial charge in [-0.3, -0.25) is 0 Å². The minimum absolute atomic E-state index is 0.0842. The van der Waals surface area contributed by atoms with Crippen LogP contribution in [0.2, 0.25) is 0 Å². The largest absolute Gasteiger partial charge is 0.435 e. The van der Waals surface area contributed by atoms with Crippen molar-refractivity contribution in [2.75, 3.05) is 6.54 Å². The highest BCUT2D eigenvalue weighted by molar-refractivity contribution is 5.79. The van der Waals surface area contributed by atoms with Gasteiger partial charge in [0.1, 0.15) is 5.75 Å². The van der Waals surface area contributed by atoms with Crippen LogP contribution in [0.15, 0.2) is 29.4 Å². The maximum atomic E-state index is 11.9. The fraction of sp³-hybridized carbons (Fsp3) is 0.273. The van der Waals surface area contributed by atoms with E-state index >= 15 is 0 Å². The standard InChI is InChI=1S/C11H11F2N3O/c12-11(13)17-10-4-1-3-9(7-10)8-16-15-6-2-5-14/h1,3-4,7-8,11,15H,2,6H2. The van der Waals surface area contributed by atoms with E-state index in [4.69, 9.17) is 5.26 Å². The van der Waals surface area contributed by atoms with Gasteiger partial charge in [0.05, 0.1) is 18.7 Å². The monoisotopic (exact) mass is 239 g/mol. The Labute approximate surface area is 97.5 Å². The average molecular weight is 239 g/mol. The molecule has 0 radical (unpaired) electrons. The summed E-state index contributed by atoms with van der Waals surface area (Å²) in [6.45, 7) is -2.39. The van der Waals surface area contributed by atoms with Gasteiger partial charge in [0.2, 0.25) is 0 Å². The molecule has 0 fully saturated rings. The van der Waals surface area contributed by atoms with Gasteiger partial charge in [-0.1, -0.05) is 12.1 Å². The first-order chi connectivity index (χ1) is 8.22. The summed E-state index contributed by atoms with van der Waals surface area (Å²) in [5.41, 5.74) is 3.29. The third-order valence-electron chi connectivity index (χ3n) is 1.74. The second-order valence-corrected chi connectivity index (χ2v) is 3.03. The number of alkyl halides is 2. The minimum atomic E-state index is -2.84. The number of rotatable bonds is 6. The number of nitrogens with zero attached hydrogens (tertiary/aromatic N) is 2. The van der Waals surface area contributed by atoms with Crippen molar-refractivity contribution < 1.29 is 13.5 Å². The predicted molar refractivity (Wildman–Crippen MR) is 58.9 cm³/mol. The molecule has 0 aromatic heterocycles. The molecule has 0 aliphatic heterocycles. The van der Waals surface area contributed by atoms with Gasteiger partial charge in [0, 0.05) is 6.54 Å². The Morgan fingerprint density at radius 1 is 1.53 bits per heavy atom. The predicted octanol–water partition coefficient (Wildman–Crippen LogP) is 2.13. The molecule has 4 nitrogen and oxygen atoms in total. The van der Waals surface area contributed by atoms with Gasteiger partial charge in [-0.25, -0.2) is 0 Å². The summed E-state index contributed by atoms with van der Waals surface area (Å²) in [4.78, 5) is 0. The quantitative estimate of drug-likeness (QED) is 0.470. The van der Waals surface area contributed by atoms with Crippen LogP contribution in [0.1, 0.15) is 12.0 Å². The zero-order valence-electron chi connectivity index (χ0n) is 8.94. The second-order valence-electron chi connectivity index (χ2n) is 3.03. The average Bonchev–Trinajstić information content (AvgIpc) is 2.28. The highest BCUT2D eigenvalue weighted by Crippen LogP contribution is 2.14. The lowest BCUT2D eigenvalue weighted by Gasteiger charge is -2.04. The van der Waals surface area contributed by atoms with Crippen molar-refractivity contribution in [3.63, 3.8) is 0 Å². The Hall–Kier alpha value is -2.16. The number of nitrogens with one attached hydrogen (secondary N) is 1. The molecule has 0 unspecified atom stereocenters. The third kappa shape index (κ3) is 5.47. The molecule has 0 saturated heterocycles. The summed E-state index contributed by atoms with van der Waals surface area (Å²) in [5.74, 6) is 0.0842. The van der Waals surface area contributed by atoms with Crippen LogP contribution in [0.3, 0.4) is 0 Å². The maximum Gasteiger partial charge on any atom is 0.387 e. The summed E-state index contributed by atoms with van der Waals surface area (Å²) in [6, 6.07) is 8.13. The Bertz CT molecular complexity index is 415. The van der Waals surface area contributed by atoms with E-state index in [0.717, 1.165) is 0 Å². The molecule has 90 valence electrons. The zero-order valence-corrected chi connectivity index (χ0v) is 8.94. The molecule has 0 aliphatic rings. The summed E-state index contributed by atoms with van der Waals surface area (Å²) in [5, 5.41) is 12.1. The van der Waals surface area contributed by atoms with Gasteiger partial charge in [0.15, 0.2) is 0 Å². The van der Waals surface area contributed by atoms with Crippen LogP contribution in [-0.2, 0) is 0 Å². The van der Waals surface area contributed by atoms with Gasteiger partial charge >= 0.3 is 6.61 Å². The second kappa shape index (κ2) is 7.17. The fourth-order valence-electron chi connectivity index (χ4n) is 1.07. The molecule has 0 bridgehead atoms. The molecule has 0 amide bonds. The highest BCUT2D eigenvalue weighted by Gasteiger charge is 2.03. The van der Waals surface area contributed by atoms with Crippen molar-refractivity contribution in [1.82, 2.24) is 5.43 Å². The molecule has 6 heteroatoms. The van der Waals surface area contributed by atoms with Crippen LogP contribution in [0.4, 0.5) is 8.78 Å². The van der Waals surface area contributed by atoms with Crippen LogP contribution in [-0.4, -0.2) is 19.4 Å². The van der Waals surface area contributed by atoms with E-state index in [2.05, 4.69) is 15.3 Å². The number of ether oxygens (including phenoxy) is 1. The highest BCUT2D eigenvalue weighted by atomic mass is 19.3. The van der Waals surface area contributed by atoms with Crippen molar-refractivity contribution in [3.05, 3.63) is 29.8 Å². The molecule has 1 aromatic rings. The summed E-state index contributed by atoms with van der Waals surface area (Å²) < 4.78 is 28.1. The third-order valence-corrected chi connectivity index (χ3v) is 1.74. The number of hydrazone groups is 1.